The minimum absolute atomic E-state index is 0.0804. The van der Waals surface area contributed by atoms with Crippen LogP contribution in [0.15, 0.2) is 42.5 Å². The first kappa shape index (κ1) is 21.2. The molecule has 2 aromatic rings. The molecule has 3 amide bonds. The van der Waals surface area contributed by atoms with Crippen molar-refractivity contribution >= 4 is 23.3 Å². The van der Waals surface area contributed by atoms with Gasteiger partial charge in [-0.15, -0.1) is 0 Å². The van der Waals surface area contributed by atoms with Crippen molar-refractivity contribution in [3.05, 3.63) is 69.5 Å². The molecule has 2 aromatic carbocycles. The van der Waals surface area contributed by atoms with E-state index in [9.17, 15) is 24.1 Å². The molecule has 30 heavy (non-hydrogen) atoms. The normalized spacial score (nSPS) is 14.3. The molecule has 1 fully saturated rings. The fourth-order valence-electron chi connectivity index (χ4n) is 3.48. The van der Waals surface area contributed by atoms with Crippen LogP contribution in [0.5, 0.6) is 0 Å². The number of benzene rings is 2. The average molecular weight is 414 g/mol. The predicted molar refractivity (Wildman–Crippen MR) is 110 cm³/mol. The molecule has 0 atom stereocenters. The standard InChI is InChI=1S/C21H23FN4O4/c1-14-18(3-2-4-19(14)26(29)30)20(27)23-13-15-9-11-25(12-10-15)21(28)24-17-7-5-16(22)6-8-17/h2-8,15H,9-13H2,1H3,(H,23,27)(H,24,28). The second-order valence-corrected chi connectivity index (χ2v) is 7.28. The number of carbonyl (C=O) groups excluding carboxylic acids is 2. The van der Waals surface area contributed by atoms with Gasteiger partial charge in [-0.3, -0.25) is 14.9 Å². The van der Waals surface area contributed by atoms with E-state index < -0.39 is 4.92 Å². The lowest BCUT2D eigenvalue weighted by molar-refractivity contribution is -0.385. The third kappa shape index (κ3) is 5.11. The summed E-state index contributed by atoms with van der Waals surface area (Å²) >= 11 is 0. The minimum atomic E-state index is -0.501. The zero-order valence-electron chi connectivity index (χ0n) is 16.6. The molecule has 0 bridgehead atoms. The molecular weight excluding hydrogens is 391 g/mol. The molecule has 3 rings (SSSR count). The van der Waals surface area contributed by atoms with Crippen molar-refractivity contribution in [2.45, 2.75) is 19.8 Å². The first-order valence-corrected chi connectivity index (χ1v) is 9.69. The number of halogens is 1. The lowest BCUT2D eigenvalue weighted by Crippen LogP contribution is -2.43. The maximum atomic E-state index is 13.0. The van der Waals surface area contributed by atoms with E-state index in [0.29, 0.717) is 36.4 Å². The van der Waals surface area contributed by atoms with Gasteiger partial charge in [-0.05, 0) is 56.0 Å². The Morgan fingerprint density at radius 3 is 2.47 bits per heavy atom. The second kappa shape index (κ2) is 9.34. The SMILES string of the molecule is Cc1c(C(=O)NCC2CCN(C(=O)Nc3ccc(F)cc3)CC2)cccc1[N+](=O)[O-]. The van der Waals surface area contributed by atoms with Gasteiger partial charge in [-0.1, -0.05) is 6.07 Å². The summed E-state index contributed by atoms with van der Waals surface area (Å²) in [6, 6.07) is 9.78. The topological polar surface area (TPSA) is 105 Å². The number of hydrogen-bond donors (Lipinski definition) is 2. The number of carbonyl (C=O) groups is 2. The predicted octanol–water partition coefficient (Wildman–Crippen LogP) is 3.72. The van der Waals surface area contributed by atoms with Crippen LogP contribution in [0.2, 0.25) is 0 Å². The molecule has 1 heterocycles. The van der Waals surface area contributed by atoms with Gasteiger partial charge in [-0.2, -0.15) is 0 Å². The second-order valence-electron chi connectivity index (χ2n) is 7.28. The Kier molecular flexibility index (Phi) is 6.61. The summed E-state index contributed by atoms with van der Waals surface area (Å²) in [5.74, 6) is -0.494. The highest BCUT2D eigenvalue weighted by Crippen LogP contribution is 2.22. The lowest BCUT2D eigenvalue weighted by Gasteiger charge is -2.32. The Morgan fingerprint density at radius 1 is 1.17 bits per heavy atom. The van der Waals surface area contributed by atoms with Gasteiger partial charge in [0.05, 0.1) is 4.92 Å². The van der Waals surface area contributed by atoms with Crippen LogP contribution in [0, 0.1) is 28.8 Å². The van der Waals surface area contributed by atoms with Crippen molar-refractivity contribution in [2.75, 3.05) is 25.0 Å². The van der Waals surface area contributed by atoms with Crippen LogP contribution in [0.3, 0.4) is 0 Å². The van der Waals surface area contributed by atoms with E-state index in [1.807, 2.05) is 0 Å². The molecule has 0 radical (unpaired) electrons. The number of anilines is 1. The van der Waals surface area contributed by atoms with Crippen molar-refractivity contribution in [3.63, 3.8) is 0 Å². The molecule has 1 aliphatic rings. The Bertz CT molecular complexity index is 941. The first-order valence-electron chi connectivity index (χ1n) is 9.69. The smallest absolute Gasteiger partial charge is 0.321 e. The van der Waals surface area contributed by atoms with Crippen molar-refractivity contribution < 1.29 is 18.9 Å². The molecular formula is C21H23FN4O4. The van der Waals surface area contributed by atoms with Gasteiger partial charge in [0.25, 0.3) is 11.6 Å². The maximum absolute atomic E-state index is 13.0. The number of likely N-dealkylation sites (tertiary alicyclic amines) is 1. The van der Waals surface area contributed by atoms with Gasteiger partial charge in [0.15, 0.2) is 0 Å². The van der Waals surface area contributed by atoms with Crippen LogP contribution in [-0.2, 0) is 0 Å². The van der Waals surface area contributed by atoms with E-state index in [-0.39, 0.29) is 29.4 Å². The number of nitrogens with one attached hydrogen (secondary N) is 2. The number of urea groups is 1. The molecule has 0 aliphatic carbocycles. The first-order chi connectivity index (χ1) is 14.3. The van der Waals surface area contributed by atoms with E-state index in [1.165, 1.54) is 36.4 Å². The van der Waals surface area contributed by atoms with Gasteiger partial charge in [0.1, 0.15) is 5.82 Å². The Morgan fingerprint density at radius 2 is 1.83 bits per heavy atom. The Balaban J connectivity index is 1.47. The summed E-state index contributed by atoms with van der Waals surface area (Å²) in [4.78, 5) is 37.0. The largest absolute Gasteiger partial charge is 0.352 e. The fraction of sp³-hybridized carbons (Fsp3) is 0.333. The zero-order chi connectivity index (χ0) is 21.7. The molecule has 1 aliphatic heterocycles. The highest BCUT2D eigenvalue weighted by Gasteiger charge is 2.24. The number of nitro benzene ring substituents is 1. The van der Waals surface area contributed by atoms with Crippen LogP contribution in [0.25, 0.3) is 0 Å². The number of rotatable bonds is 5. The zero-order valence-corrected chi connectivity index (χ0v) is 16.6. The average Bonchev–Trinajstić information content (AvgIpc) is 2.74. The van der Waals surface area contributed by atoms with Crippen molar-refractivity contribution in [1.82, 2.24) is 10.2 Å². The van der Waals surface area contributed by atoms with E-state index in [1.54, 1.807) is 17.9 Å². The molecule has 2 N–H and O–H groups in total. The summed E-state index contributed by atoms with van der Waals surface area (Å²) in [6.45, 7) is 3.09. The van der Waals surface area contributed by atoms with E-state index in [4.69, 9.17) is 0 Å². The van der Waals surface area contributed by atoms with Crippen molar-refractivity contribution in [3.8, 4) is 0 Å². The molecule has 1 saturated heterocycles. The van der Waals surface area contributed by atoms with Gasteiger partial charge >= 0.3 is 6.03 Å². The molecule has 0 saturated carbocycles. The number of nitrogens with zero attached hydrogens (tertiary/aromatic N) is 2. The number of amides is 3. The van der Waals surface area contributed by atoms with Crippen LogP contribution in [-0.4, -0.2) is 41.4 Å². The number of piperidine rings is 1. The van der Waals surface area contributed by atoms with Gasteiger partial charge in [-0.25, -0.2) is 9.18 Å². The van der Waals surface area contributed by atoms with E-state index >= 15 is 0 Å². The third-order valence-electron chi connectivity index (χ3n) is 5.30. The van der Waals surface area contributed by atoms with Crippen LogP contribution in [0.4, 0.5) is 20.6 Å². The van der Waals surface area contributed by atoms with Crippen LogP contribution in [0.1, 0.15) is 28.8 Å². The Hall–Kier alpha value is -3.49. The molecule has 0 unspecified atom stereocenters. The Labute approximate surface area is 173 Å². The quantitative estimate of drug-likeness (QED) is 0.575. The summed E-state index contributed by atoms with van der Waals surface area (Å²) in [6.07, 6.45) is 1.45. The summed E-state index contributed by atoms with van der Waals surface area (Å²) in [7, 11) is 0. The minimum Gasteiger partial charge on any atom is -0.352 e. The summed E-state index contributed by atoms with van der Waals surface area (Å²) in [5.41, 5.74) is 1.08. The van der Waals surface area contributed by atoms with Crippen molar-refractivity contribution in [2.24, 2.45) is 5.92 Å². The highest BCUT2D eigenvalue weighted by atomic mass is 19.1. The monoisotopic (exact) mass is 414 g/mol. The number of hydrogen-bond acceptors (Lipinski definition) is 4. The van der Waals surface area contributed by atoms with Crippen molar-refractivity contribution in [1.29, 1.82) is 0 Å². The van der Waals surface area contributed by atoms with Gasteiger partial charge in [0, 0.05) is 42.5 Å². The van der Waals surface area contributed by atoms with Gasteiger partial charge in [0.2, 0.25) is 0 Å². The molecule has 9 heteroatoms. The van der Waals surface area contributed by atoms with Crippen LogP contribution >= 0.6 is 0 Å². The third-order valence-corrected chi connectivity index (χ3v) is 5.30. The highest BCUT2D eigenvalue weighted by molar-refractivity contribution is 5.96. The maximum Gasteiger partial charge on any atom is 0.321 e. The fourth-order valence-corrected chi connectivity index (χ4v) is 3.48. The van der Waals surface area contributed by atoms with Gasteiger partial charge < -0.3 is 15.5 Å². The van der Waals surface area contributed by atoms with E-state index in [2.05, 4.69) is 10.6 Å². The molecule has 158 valence electrons. The summed E-state index contributed by atoms with van der Waals surface area (Å²) in [5, 5.41) is 16.6. The van der Waals surface area contributed by atoms with Crippen LogP contribution < -0.4 is 10.6 Å². The molecule has 0 spiro atoms. The van der Waals surface area contributed by atoms with E-state index in [0.717, 1.165) is 12.8 Å². The molecule has 0 aromatic heterocycles. The molecule has 8 nitrogen and oxygen atoms in total. The number of nitro groups is 1. The lowest BCUT2D eigenvalue weighted by atomic mass is 9.96. The summed E-state index contributed by atoms with van der Waals surface area (Å²) < 4.78 is 13.0.